The van der Waals surface area contributed by atoms with Gasteiger partial charge in [-0.1, -0.05) is 38.1 Å². The van der Waals surface area contributed by atoms with Gasteiger partial charge < -0.3 is 5.32 Å². The Morgan fingerprint density at radius 2 is 1.91 bits per heavy atom. The van der Waals surface area contributed by atoms with E-state index in [2.05, 4.69) is 36.4 Å². The third-order valence-corrected chi connectivity index (χ3v) is 5.68. The van der Waals surface area contributed by atoms with Gasteiger partial charge in [-0.25, -0.2) is 9.50 Å². The highest BCUT2D eigenvalue weighted by atomic mass is 79.9. The summed E-state index contributed by atoms with van der Waals surface area (Å²) < 4.78 is 44.7. The van der Waals surface area contributed by atoms with E-state index in [4.69, 9.17) is 0 Å². The van der Waals surface area contributed by atoms with Gasteiger partial charge in [-0.05, 0) is 39.9 Å². The number of alkyl halides is 3. The number of aryl methyl sites for hydroxylation is 1. The van der Waals surface area contributed by atoms with Gasteiger partial charge in [0.2, 0.25) is 0 Å². The summed E-state index contributed by atoms with van der Waals surface area (Å²) >= 11 is 3.31. The van der Waals surface area contributed by atoms with Crippen molar-refractivity contribution in [2.24, 2.45) is 0 Å². The van der Waals surface area contributed by atoms with E-state index in [-0.39, 0.29) is 17.0 Å². The predicted molar refractivity (Wildman–Crippen MR) is 124 cm³/mol. The van der Waals surface area contributed by atoms with Crippen molar-refractivity contribution >= 4 is 27.5 Å². The number of halogens is 4. The molecule has 0 atom stereocenters. The van der Waals surface area contributed by atoms with Crippen LogP contribution in [0.3, 0.4) is 0 Å². The lowest BCUT2D eigenvalue weighted by molar-refractivity contribution is -0.142. The summed E-state index contributed by atoms with van der Waals surface area (Å²) in [6.07, 6.45) is -0.614. The number of hydrogen-bond acceptors (Lipinski definition) is 4. The number of carbonyl (C=O) groups excluding carboxylic acids is 1. The van der Waals surface area contributed by atoms with Crippen LogP contribution in [-0.4, -0.2) is 36.8 Å². The molecule has 178 valence electrons. The Bertz CT molecular complexity index is 1310. The highest BCUT2D eigenvalue weighted by Crippen LogP contribution is 2.32. The molecule has 34 heavy (non-hydrogen) atoms. The van der Waals surface area contributed by atoms with Crippen LogP contribution in [0.15, 0.2) is 53.3 Å². The average molecular weight is 535 g/mol. The number of fused-ring (bicyclic) bond motifs is 1. The molecule has 3 heterocycles. The van der Waals surface area contributed by atoms with Crippen molar-refractivity contribution in [3.05, 3.63) is 70.2 Å². The van der Waals surface area contributed by atoms with Gasteiger partial charge in [0.15, 0.2) is 17.0 Å². The highest BCUT2D eigenvalue weighted by Gasteiger charge is 2.35. The Morgan fingerprint density at radius 3 is 2.53 bits per heavy atom. The summed E-state index contributed by atoms with van der Waals surface area (Å²) in [6.45, 7) is 4.97. The Hall–Kier alpha value is -3.21. The van der Waals surface area contributed by atoms with Gasteiger partial charge >= 0.3 is 6.18 Å². The third-order valence-electron chi connectivity index (χ3n) is 5.27. The summed E-state index contributed by atoms with van der Waals surface area (Å²) in [7, 11) is 0. The lowest BCUT2D eigenvalue weighted by Crippen LogP contribution is -2.26. The van der Waals surface area contributed by atoms with E-state index < -0.39 is 17.8 Å². The fourth-order valence-electron chi connectivity index (χ4n) is 3.47. The lowest BCUT2D eigenvalue weighted by Gasteiger charge is -2.11. The van der Waals surface area contributed by atoms with Gasteiger partial charge in [0.25, 0.3) is 5.91 Å². The van der Waals surface area contributed by atoms with Crippen LogP contribution in [0, 0.1) is 0 Å². The Kier molecular flexibility index (Phi) is 6.74. The second kappa shape index (κ2) is 9.57. The molecule has 0 aliphatic heterocycles. The van der Waals surface area contributed by atoms with Crippen LogP contribution < -0.4 is 5.32 Å². The van der Waals surface area contributed by atoms with E-state index >= 15 is 0 Å². The standard InChI is InChI=1S/C23H22BrF3N6O/c1-14(2)15-4-6-16(7-5-15)18-10-20(23(25,26)27)33-21(30-18)11-19(31-33)22(34)28-8-3-9-32-13-17(24)12-29-32/h4-7,10-14H,3,8-9H2,1-2H3,(H,28,34). The number of nitrogens with zero attached hydrogens (tertiary/aromatic N) is 5. The fourth-order valence-corrected chi connectivity index (χ4v) is 3.80. The first-order valence-corrected chi connectivity index (χ1v) is 11.5. The summed E-state index contributed by atoms with van der Waals surface area (Å²) in [5.41, 5.74) is 0.604. The maximum atomic E-state index is 13.8. The molecule has 0 bridgehead atoms. The van der Waals surface area contributed by atoms with Crippen molar-refractivity contribution in [2.45, 2.75) is 38.9 Å². The monoisotopic (exact) mass is 534 g/mol. The molecule has 0 saturated carbocycles. The minimum Gasteiger partial charge on any atom is -0.351 e. The maximum absolute atomic E-state index is 13.8. The second-order valence-electron chi connectivity index (χ2n) is 8.13. The summed E-state index contributed by atoms with van der Waals surface area (Å²) in [6, 6.07) is 9.45. The van der Waals surface area contributed by atoms with Gasteiger partial charge in [0.05, 0.1) is 16.4 Å². The molecule has 0 spiro atoms. The van der Waals surface area contributed by atoms with E-state index in [0.717, 1.165) is 16.1 Å². The zero-order valence-corrected chi connectivity index (χ0v) is 20.1. The highest BCUT2D eigenvalue weighted by molar-refractivity contribution is 9.10. The molecule has 11 heteroatoms. The predicted octanol–water partition coefficient (Wildman–Crippen LogP) is 5.32. The van der Waals surface area contributed by atoms with Gasteiger partial charge in [0.1, 0.15) is 0 Å². The first-order valence-electron chi connectivity index (χ1n) is 10.7. The number of nitrogens with one attached hydrogen (secondary N) is 1. The first-order chi connectivity index (χ1) is 16.1. The molecule has 0 aliphatic rings. The molecular formula is C23H22BrF3N6O. The molecule has 0 aliphatic carbocycles. The molecular weight excluding hydrogens is 513 g/mol. The van der Waals surface area contributed by atoms with E-state index in [1.54, 1.807) is 23.0 Å². The van der Waals surface area contributed by atoms with Crippen molar-refractivity contribution in [1.29, 1.82) is 0 Å². The van der Waals surface area contributed by atoms with Crippen molar-refractivity contribution in [3.63, 3.8) is 0 Å². The van der Waals surface area contributed by atoms with Gasteiger partial charge in [0, 0.05) is 30.9 Å². The Balaban J connectivity index is 1.56. The van der Waals surface area contributed by atoms with E-state index in [0.29, 0.717) is 35.5 Å². The fraction of sp³-hybridized carbons (Fsp3) is 0.304. The minimum absolute atomic E-state index is 0.0516. The van der Waals surface area contributed by atoms with E-state index in [1.165, 1.54) is 6.07 Å². The molecule has 0 radical (unpaired) electrons. The van der Waals surface area contributed by atoms with Gasteiger partial charge in [-0.15, -0.1) is 0 Å². The summed E-state index contributed by atoms with van der Waals surface area (Å²) in [5, 5.41) is 10.7. The molecule has 1 amide bonds. The largest absolute Gasteiger partial charge is 0.433 e. The lowest BCUT2D eigenvalue weighted by atomic mass is 10.0. The number of carbonyl (C=O) groups is 1. The van der Waals surface area contributed by atoms with Crippen LogP contribution in [0.25, 0.3) is 16.9 Å². The summed E-state index contributed by atoms with van der Waals surface area (Å²) in [5.74, 6) is -0.268. The summed E-state index contributed by atoms with van der Waals surface area (Å²) in [4.78, 5) is 16.9. The van der Waals surface area contributed by atoms with E-state index in [9.17, 15) is 18.0 Å². The molecule has 0 unspecified atom stereocenters. The maximum Gasteiger partial charge on any atom is 0.433 e. The van der Waals surface area contributed by atoms with Crippen molar-refractivity contribution < 1.29 is 18.0 Å². The Labute approximate surface area is 202 Å². The number of amides is 1. The molecule has 0 saturated heterocycles. The van der Waals surface area contributed by atoms with E-state index in [1.807, 2.05) is 32.2 Å². The van der Waals surface area contributed by atoms with Crippen molar-refractivity contribution in [1.82, 2.24) is 29.7 Å². The molecule has 4 aromatic rings. The van der Waals surface area contributed by atoms with Crippen LogP contribution in [-0.2, 0) is 12.7 Å². The SMILES string of the molecule is CC(C)c1ccc(-c2cc(C(F)(F)F)n3nc(C(=O)NCCCn4cc(Br)cn4)cc3n2)cc1. The zero-order chi connectivity index (χ0) is 24.5. The topological polar surface area (TPSA) is 77.1 Å². The quantitative estimate of drug-likeness (QED) is 0.325. The molecule has 0 fully saturated rings. The number of aromatic nitrogens is 5. The molecule has 1 N–H and O–H groups in total. The van der Waals surface area contributed by atoms with Gasteiger partial charge in [-0.3, -0.25) is 9.48 Å². The minimum atomic E-state index is -4.67. The van der Waals surface area contributed by atoms with Crippen LogP contribution in [0.5, 0.6) is 0 Å². The second-order valence-corrected chi connectivity index (χ2v) is 9.05. The molecule has 3 aromatic heterocycles. The van der Waals surface area contributed by atoms with Gasteiger partial charge in [-0.2, -0.15) is 23.4 Å². The normalized spacial score (nSPS) is 12.0. The molecule has 1 aromatic carbocycles. The van der Waals surface area contributed by atoms with Crippen LogP contribution in [0.1, 0.15) is 47.9 Å². The van der Waals surface area contributed by atoms with Crippen molar-refractivity contribution in [3.8, 4) is 11.3 Å². The number of rotatable bonds is 7. The first kappa shape index (κ1) is 23.9. The zero-order valence-electron chi connectivity index (χ0n) is 18.5. The number of benzene rings is 1. The number of hydrogen-bond donors (Lipinski definition) is 1. The smallest absolute Gasteiger partial charge is 0.351 e. The Morgan fingerprint density at radius 1 is 1.18 bits per heavy atom. The average Bonchev–Trinajstić information content (AvgIpc) is 3.41. The molecule has 4 rings (SSSR count). The van der Waals surface area contributed by atoms with Crippen LogP contribution in [0.2, 0.25) is 0 Å². The molecule has 7 nitrogen and oxygen atoms in total. The van der Waals surface area contributed by atoms with Crippen LogP contribution in [0.4, 0.5) is 13.2 Å². The third kappa shape index (κ3) is 5.30. The van der Waals surface area contributed by atoms with Crippen molar-refractivity contribution in [2.75, 3.05) is 6.54 Å². The van der Waals surface area contributed by atoms with Crippen LogP contribution >= 0.6 is 15.9 Å².